The number of nitrogens with one attached hydrogen (secondary N) is 1. The van der Waals surface area contributed by atoms with Gasteiger partial charge >= 0.3 is 0 Å². The van der Waals surface area contributed by atoms with Crippen molar-refractivity contribution in [3.63, 3.8) is 0 Å². The second kappa shape index (κ2) is 10.6. The minimum Gasteiger partial charge on any atom is -0.382 e. The summed E-state index contributed by atoms with van der Waals surface area (Å²) >= 11 is 14.2. The van der Waals surface area contributed by atoms with Gasteiger partial charge in [0.2, 0.25) is 10.0 Å². The Morgan fingerprint density at radius 1 is 1.19 bits per heavy atom. The van der Waals surface area contributed by atoms with Gasteiger partial charge in [-0.3, -0.25) is 4.79 Å². The van der Waals surface area contributed by atoms with Crippen LogP contribution in [0.3, 0.4) is 0 Å². The second-order valence-electron chi connectivity index (χ2n) is 9.70. The van der Waals surface area contributed by atoms with Crippen molar-refractivity contribution in [1.82, 2.24) is 19.8 Å². The molecule has 1 saturated heterocycles. The first-order valence-corrected chi connectivity index (χ1v) is 14.9. The lowest BCUT2D eigenvalue weighted by molar-refractivity contribution is 0.0476. The lowest BCUT2D eigenvalue weighted by Crippen LogP contribution is -2.36. The number of amides is 1. The zero-order valence-electron chi connectivity index (χ0n) is 20.8. The summed E-state index contributed by atoms with van der Waals surface area (Å²) in [6.07, 6.45) is 2.86. The molecule has 4 rings (SSSR count). The third kappa shape index (κ3) is 5.86. The third-order valence-electron chi connectivity index (χ3n) is 5.78. The van der Waals surface area contributed by atoms with Crippen molar-refractivity contribution in [2.24, 2.45) is 0 Å². The van der Waals surface area contributed by atoms with Crippen LogP contribution < -0.4 is 4.72 Å². The van der Waals surface area contributed by atoms with E-state index in [4.69, 9.17) is 27.7 Å². The molecule has 2 aromatic heterocycles. The van der Waals surface area contributed by atoms with E-state index in [1.54, 1.807) is 38.7 Å². The molecule has 200 valence electrons. The topological polar surface area (TPSA) is 126 Å². The molecule has 1 aliphatic rings. The molecule has 37 heavy (non-hydrogen) atoms. The van der Waals surface area contributed by atoms with Gasteiger partial charge in [0.15, 0.2) is 5.76 Å². The standard InChI is InChI=1S/C24H28Cl2N4O5S2/c1-13(2)29-37(33,34)16-9-8-14(18(25)19(16)26)21-20(23(31)30-10-6-5-7-11-30)27-22(36-21)15-12-17(35-28-15)24(3,4)32/h8-9,12-13,29,32H,5-7,10-11H2,1-4H3. The normalized spacial score (nSPS) is 15.0. The average Bonchev–Trinajstić information content (AvgIpc) is 3.47. The summed E-state index contributed by atoms with van der Waals surface area (Å²) in [5.74, 6) is -0.00906. The Balaban J connectivity index is 1.84. The van der Waals surface area contributed by atoms with Crippen LogP contribution in [0.5, 0.6) is 0 Å². The molecule has 3 aromatic rings. The molecule has 13 heteroatoms. The van der Waals surface area contributed by atoms with E-state index in [0.717, 1.165) is 30.6 Å². The molecule has 1 aromatic carbocycles. The highest BCUT2D eigenvalue weighted by Gasteiger charge is 2.31. The number of thiazole rings is 1. The van der Waals surface area contributed by atoms with Gasteiger partial charge in [-0.25, -0.2) is 18.1 Å². The van der Waals surface area contributed by atoms with Crippen molar-refractivity contribution < 1.29 is 22.8 Å². The predicted molar refractivity (Wildman–Crippen MR) is 144 cm³/mol. The fraction of sp³-hybridized carbons (Fsp3) is 0.458. The molecule has 2 N–H and O–H groups in total. The maximum atomic E-state index is 13.6. The SMILES string of the molecule is CC(C)NS(=O)(=O)c1ccc(-c2sc(-c3cc(C(C)(C)O)on3)nc2C(=O)N2CCCCC2)c(Cl)c1Cl. The number of nitrogens with zero attached hydrogens (tertiary/aromatic N) is 3. The molecular weight excluding hydrogens is 559 g/mol. The second-order valence-corrected chi connectivity index (χ2v) is 13.1. The fourth-order valence-corrected chi connectivity index (χ4v) is 7.17. The molecule has 1 fully saturated rings. The Morgan fingerprint density at radius 2 is 1.86 bits per heavy atom. The number of hydrogen-bond acceptors (Lipinski definition) is 8. The smallest absolute Gasteiger partial charge is 0.274 e. The van der Waals surface area contributed by atoms with Gasteiger partial charge in [0.1, 0.15) is 26.9 Å². The molecule has 0 spiro atoms. The van der Waals surface area contributed by atoms with Crippen LogP contribution in [0.2, 0.25) is 10.0 Å². The summed E-state index contributed by atoms with van der Waals surface area (Å²) in [4.78, 5) is 20.2. The maximum absolute atomic E-state index is 13.6. The molecule has 0 aliphatic carbocycles. The largest absolute Gasteiger partial charge is 0.382 e. The molecule has 0 unspecified atom stereocenters. The quantitative estimate of drug-likeness (QED) is 0.384. The van der Waals surface area contributed by atoms with Crippen LogP contribution in [-0.2, 0) is 15.6 Å². The number of halogens is 2. The van der Waals surface area contributed by atoms with Gasteiger partial charge in [-0.05, 0) is 53.0 Å². The van der Waals surface area contributed by atoms with Crippen molar-refractivity contribution in [3.05, 3.63) is 39.7 Å². The molecule has 1 amide bonds. The van der Waals surface area contributed by atoms with Crippen LogP contribution in [0.1, 0.15) is 63.2 Å². The fourth-order valence-electron chi connectivity index (χ4n) is 3.96. The minimum atomic E-state index is -3.90. The minimum absolute atomic E-state index is 0.00600. The molecule has 0 radical (unpaired) electrons. The van der Waals surface area contributed by atoms with Crippen LogP contribution in [0.15, 0.2) is 27.6 Å². The summed E-state index contributed by atoms with van der Waals surface area (Å²) in [6, 6.07) is 4.12. The number of carbonyl (C=O) groups excluding carboxylic acids is 1. The van der Waals surface area contributed by atoms with Gasteiger partial charge in [0, 0.05) is 30.8 Å². The number of aliphatic hydroxyl groups is 1. The van der Waals surface area contributed by atoms with Gasteiger partial charge in [-0.1, -0.05) is 34.4 Å². The van der Waals surface area contributed by atoms with E-state index in [1.165, 1.54) is 12.1 Å². The summed E-state index contributed by atoms with van der Waals surface area (Å²) < 4.78 is 33.3. The van der Waals surface area contributed by atoms with E-state index >= 15 is 0 Å². The van der Waals surface area contributed by atoms with E-state index in [9.17, 15) is 18.3 Å². The van der Waals surface area contributed by atoms with Crippen LogP contribution in [-0.4, -0.2) is 53.6 Å². The van der Waals surface area contributed by atoms with Gasteiger partial charge in [0.25, 0.3) is 5.91 Å². The van der Waals surface area contributed by atoms with Crippen molar-refractivity contribution in [2.75, 3.05) is 13.1 Å². The van der Waals surface area contributed by atoms with Crippen LogP contribution in [0.25, 0.3) is 21.1 Å². The van der Waals surface area contributed by atoms with E-state index < -0.39 is 15.6 Å². The number of carbonyl (C=O) groups is 1. The molecule has 9 nitrogen and oxygen atoms in total. The first-order valence-electron chi connectivity index (χ1n) is 11.8. The molecule has 0 bridgehead atoms. The number of piperidine rings is 1. The molecule has 0 saturated carbocycles. The summed E-state index contributed by atoms with van der Waals surface area (Å²) in [7, 11) is -3.90. The van der Waals surface area contributed by atoms with Crippen molar-refractivity contribution >= 4 is 50.5 Å². The van der Waals surface area contributed by atoms with Crippen LogP contribution in [0.4, 0.5) is 0 Å². The highest BCUT2D eigenvalue weighted by atomic mass is 35.5. The van der Waals surface area contributed by atoms with E-state index in [0.29, 0.717) is 34.2 Å². The average molecular weight is 588 g/mol. The monoisotopic (exact) mass is 586 g/mol. The predicted octanol–water partition coefficient (Wildman–Crippen LogP) is 5.31. The summed E-state index contributed by atoms with van der Waals surface area (Å²) in [6.45, 7) is 7.77. The molecule has 0 atom stereocenters. The number of rotatable bonds is 7. The zero-order valence-corrected chi connectivity index (χ0v) is 24.0. The number of hydrogen-bond donors (Lipinski definition) is 2. The lowest BCUT2D eigenvalue weighted by atomic mass is 10.1. The number of benzene rings is 1. The first kappa shape index (κ1) is 28.0. The Bertz CT molecular complexity index is 1420. The highest BCUT2D eigenvalue weighted by molar-refractivity contribution is 7.89. The Morgan fingerprint density at radius 3 is 2.46 bits per heavy atom. The Labute approximate surface area is 229 Å². The van der Waals surface area contributed by atoms with Crippen molar-refractivity contribution in [1.29, 1.82) is 0 Å². The number of aromatic nitrogens is 2. The first-order chi connectivity index (χ1) is 17.3. The third-order valence-corrected chi connectivity index (χ3v) is 9.58. The van der Waals surface area contributed by atoms with Crippen molar-refractivity contribution in [3.8, 4) is 21.1 Å². The maximum Gasteiger partial charge on any atom is 0.274 e. The zero-order chi connectivity index (χ0) is 27.1. The lowest BCUT2D eigenvalue weighted by Gasteiger charge is -2.26. The van der Waals surface area contributed by atoms with E-state index in [1.807, 2.05) is 0 Å². The number of sulfonamides is 1. The van der Waals surface area contributed by atoms with Crippen LogP contribution >= 0.6 is 34.5 Å². The Kier molecular flexibility index (Phi) is 8.04. The summed E-state index contributed by atoms with van der Waals surface area (Å²) in [5.41, 5.74) is -0.349. The van der Waals surface area contributed by atoms with E-state index in [-0.39, 0.29) is 38.3 Å². The van der Waals surface area contributed by atoms with Gasteiger partial charge in [-0.2, -0.15) is 0 Å². The highest BCUT2D eigenvalue weighted by Crippen LogP contribution is 2.43. The van der Waals surface area contributed by atoms with Crippen molar-refractivity contribution in [2.45, 2.75) is 63.5 Å². The molecule has 3 heterocycles. The Hall–Kier alpha value is -2.02. The number of likely N-dealkylation sites (tertiary alicyclic amines) is 1. The van der Waals surface area contributed by atoms with Crippen LogP contribution in [0, 0.1) is 0 Å². The van der Waals surface area contributed by atoms with E-state index in [2.05, 4.69) is 14.9 Å². The molecule has 1 aliphatic heterocycles. The van der Waals surface area contributed by atoms with Gasteiger partial charge in [0.05, 0.1) is 14.9 Å². The molecular formula is C24H28Cl2N4O5S2. The summed E-state index contributed by atoms with van der Waals surface area (Å²) in [5, 5.41) is 14.5. The van der Waals surface area contributed by atoms with Gasteiger partial charge < -0.3 is 14.5 Å². The van der Waals surface area contributed by atoms with Gasteiger partial charge in [-0.15, -0.1) is 11.3 Å².